The van der Waals surface area contributed by atoms with E-state index in [1.165, 1.54) is 18.3 Å². The van der Waals surface area contributed by atoms with Crippen molar-refractivity contribution in [3.8, 4) is 0 Å². The number of hydrogen-bond donors (Lipinski definition) is 2. The molecule has 1 heterocycles. The van der Waals surface area contributed by atoms with Crippen LogP contribution in [0.2, 0.25) is 0 Å². The van der Waals surface area contributed by atoms with Gasteiger partial charge in [-0.25, -0.2) is 18.7 Å². The second kappa shape index (κ2) is 6.68. The molecule has 7 heteroatoms. The number of carbonyl (C=O) groups is 1. The summed E-state index contributed by atoms with van der Waals surface area (Å²) < 4.78 is 27.2. The highest BCUT2D eigenvalue weighted by Crippen LogP contribution is 2.21. The number of amides is 1. The highest BCUT2D eigenvalue weighted by Gasteiger charge is 2.18. The van der Waals surface area contributed by atoms with E-state index in [2.05, 4.69) is 20.6 Å². The van der Waals surface area contributed by atoms with Gasteiger partial charge in [-0.2, -0.15) is 0 Å². The van der Waals surface area contributed by atoms with Crippen LogP contribution in [0, 0.1) is 11.6 Å². The third kappa shape index (κ3) is 3.61. The van der Waals surface area contributed by atoms with Gasteiger partial charge in [-0.05, 0) is 31.0 Å². The normalized spacial score (nSPS) is 14.7. The number of rotatable bonds is 4. The highest BCUT2D eigenvalue weighted by atomic mass is 19.1. The molecule has 23 heavy (non-hydrogen) atoms. The lowest BCUT2D eigenvalue weighted by atomic mass is 10.2. The molecule has 2 N–H and O–H groups in total. The van der Waals surface area contributed by atoms with Gasteiger partial charge in [0.2, 0.25) is 5.95 Å². The molecule has 1 aromatic heterocycles. The van der Waals surface area contributed by atoms with Crippen LogP contribution in [-0.2, 0) is 0 Å². The minimum atomic E-state index is -0.836. The Bertz CT molecular complexity index is 697. The molecule has 1 fully saturated rings. The van der Waals surface area contributed by atoms with Crippen molar-refractivity contribution in [1.29, 1.82) is 0 Å². The van der Waals surface area contributed by atoms with Crippen LogP contribution in [0.5, 0.6) is 0 Å². The zero-order valence-corrected chi connectivity index (χ0v) is 12.4. The molecule has 0 atom stereocenters. The monoisotopic (exact) mass is 318 g/mol. The molecule has 0 radical (unpaired) electrons. The van der Waals surface area contributed by atoms with E-state index < -0.39 is 23.2 Å². The van der Waals surface area contributed by atoms with Crippen molar-refractivity contribution in [2.75, 3.05) is 10.6 Å². The summed E-state index contributed by atoms with van der Waals surface area (Å²) in [4.78, 5) is 20.3. The average Bonchev–Trinajstić information content (AvgIpc) is 3.04. The van der Waals surface area contributed by atoms with Crippen LogP contribution in [0.25, 0.3) is 0 Å². The minimum Gasteiger partial charge on any atom is -0.351 e. The molecule has 0 unspecified atom stereocenters. The topological polar surface area (TPSA) is 66.9 Å². The molecule has 0 spiro atoms. The highest BCUT2D eigenvalue weighted by molar-refractivity contribution is 6.03. The molecule has 0 saturated heterocycles. The molecular weight excluding hydrogens is 302 g/mol. The van der Waals surface area contributed by atoms with E-state index in [9.17, 15) is 13.6 Å². The van der Waals surface area contributed by atoms with Crippen LogP contribution in [0.1, 0.15) is 36.2 Å². The Morgan fingerprint density at radius 2 is 1.83 bits per heavy atom. The fourth-order valence-corrected chi connectivity index (χ4v) is 2.60. The fourth-order valence-electron chi connectivity index (χ4n) is 2.60. The Hall–Kier alpha value is -2.57. The molecule has 120 valence electrons. The molecular formula is C16H16F2N4O. The Kier molecular flexibility index (Phi) is 4.45. The van der Waals surface area contributed by atoms with Gasteiger partial charge in [-0.15, -0.1) is 0 Å². The Morgan fingerprint density at radius 1 is 1.13 bits per heavy atom. The van der Waals surface area contributed by atoms with E-state index in [0.717, 1.165) is 37.8 Å². The van der Waals surface area contributed by atoms with E-state index in [1.54, 1.807) is 0 Å². The van der Waals surface area contributed by atoms with Crippen LogP contribution >= 0.6 is 0 Å². The number of anilines is 2. The zero-order chi connectivity index (χ0) is 16.2. The van der Waals surface area contributed by atoms with Crippen molar-refractivity contribution in [1.82, 2.24) is 9.97 Å². The van der Waals surface area contributed by atoms with Crippen molar-refractivity contribution < 1.29 is 13.6 Å². The van der Waals surface area contributed by atoms with Crippen LogP contribution in [0.3, 0.4) is 0 Å². The lowest BCUT2D eigenvalue weighted by molar-refractivity contribution is 0.102. The third-order valence-corrected chi connectivity index (χ3v) is 3.78. The van der Waals surface area contributed by atoms with E-state index >= 15 is 0 Å². The van der Waals surface area contributed by atoms with Crippen LogP contribution in [0.4, 0.5) is 20.4 Å². The second-order valence-electron chi connectivity index (χ2n) is 5.44. The number of benzene rings is 1. The molecule has 1 aromatic carbocycles. The maximum absolute atomic E-state index is 13.6. The largest absolute Gasteiger partial charge is 0.351 e. The van der Waals surface area contributed by atoms with Gasteiger partial charge in [-0.3, -0.25) is 4.79 Å². The van der Waals surface area contributed by atoms with E-state index in [0.29, 0.717) is 12.0 Å². The molecule has 1 saturated carbocycles. The molecule has 2 aromatic rings. The third-order valence-electron chi connectivity index (χ3n) is 3.78. The van der Waals surface area contributed by atoms with E-state index in [-0.39, 0.29) is 5.69 Å². The Labute approximate surface area is 132 Å². The summed E-state index contributed by atoms with van der Waals surface area (Å²) in [6, 6.07) is 5.08. The summed E-state index contributed by atoms with van der Waals surface area (Å²) in [5, 5.41) is 5.38. The van der Waals surface area contributed by atoms with Gasteiger partial charge in [0.15, 0.2) is 0 Å². The minimum absolute atomic E-state index is 0.0446. The van der Waals surface area contributed by atoms with Crippen LogP contribution in [-0.4, -0.2) is 21.9 Å². The smallest absolute Gasteiger partial charge is 0.274 e. The molecule has 1 aliphatic rings. The maximum Gasteiger partial charge on any atom is 0.274 e. The first kappa shape index (κ1) is 15.3. The Balaban J connectivity index is 1.74. The Morgan fingerprint density at radius 3 is 2.52 bits per heavy atom. The first-order valence-corrected chi connectivity index (χ1v) is 7.48. The summed E-state index contributed by atoms with van der Waals surface area (Å²) in [6.45, 7) is 0. The van der Waals surface area contributed by atoms with Crippen LogP contribution in [0.15, 0.2) is 30.5 Å². The average molecular weight is 318 g/mol. The summed E-state index contributed by atoms with van der Waals surface area (Å²) in [7, 11) is 0. The SMILES string of the molecule is O=C(Nc1c(F)cccc1F)c1ccnc(NC2CCCC2)n1. The van der Waals surface area contributed by atoms with Gasteiger partial charge in [0.1, 0.15) is 23.0 Å². The first-order valence-electron chi connectivity index (χ1n) is 7.48. The zero-order valence-electron chi connectivity index (χ0n) is 12.4. The van der Waals surface area contributed by atoms with Crippen LogP contribution < -0.4 is 10.6 Å². The fraction of sp³-hybridized carbons (Fsp3) is 0.312. The number of nitrogens with zero attached hydrogens (tertiary/aromatic N) is 2. The summed E-state index contributed by atoms with van der Waals surface area (Å²) in [5.74, 6) is -2.02. The lowest BCUT2D eigenvalue weighted by Crippen LogP contribution is -2.20. The van der Waals surface area contributed by atoms with Crippen molar-refractivity contribution in [2.45, 2.75) is 31.7 Å². The number of hydrogen-bond acceptors (Lipinski definition) is 4. The van der Waals surface area contributed by atoms with E-state index in [1.807, 2.05) is 0 Å². The maximum atomic E-state index is 13.6. The van der Waals surface area contributed by atoms with Crippen molar-refractivity contribution in [2.24, 2.45) is 0 Å². The van der Waals surface area contributed by atoms with Gasteiger partial charge < -0.3 is 10.6 Å². The van der Waals surface area contributed by atoms with Gasteiger partial charge in [0.05, 0.1) is 0 Å². The number of carbonyl (C=O) groups excluding carboxylic acids is 1. The van der Waals surface area contributed by atoms with Crippen molar-refractivity contribution >= 4 is 17.5 Å². The number of halogens is 2. The number of nitrogens with one attached hydrogen (secondary N) is 2. The predicted octanol–water partition coefficient (Wildman–Crippen LogP) is 3.36. The standard InChI is InChI=1S/C16H16F2N4O/c17-11-6-3-7-12(18)14(11)22-15(23)13-8-9-19-16(21-13)20-10-4-1-2-5-10/h3,6-10H,1-2,4-5H2,(H,22,23)(H,19,20,21). The molecule has 0 bridgehead atoms. The molecule has 0 aliphatic heterocycles. The molecule has 1 aliphatic carbocycles. The second-order valence-corrected chi connectivity index (χ2v) is 5.44. The summed E-state index contributed by atoms with van der Waals surface area (Å²) in [6.07, 6.45) is 5.84. The van der Waals surface area contributed by atoms with Gasteiger partial charge in [0.25, 0.3) is 5.91 Å². The van der Waals surface area contributed by atoms with Gasteiger partial charge >= 0.3 is 0 Å². The molecule has 3 rings (SSSR count). The predicted molar refractivity (Wildman–Crippen MR) is 82.2 cm³/mol. The first-order chi connectivity index (χ1) is 11.1. The number of aromatic nitrogens is 2. The van der Waals surface area contributed by atoms with Gasteiger partial charge in [-0.1, -0.05) is 18.9 Å². The van der Waals surface area contributed by atoms with E-state index in [4.69, 9.17) is 0 Å². The lowest BCUT2D eigenvalue weighted by Gasteiger charge is -2.12. The molecule has 5 nitrogen and oxygen atoms in total. The number of para-hydroxylation sites is 1. The van der Waals surface area contributed by atoms with Crippen molar-refractivity contribution in [3.05, 3.63) is 47.8 Å². The summed E-state index contributed by atoms with van der Waals surface area (Å²) >= 11 is 0. The van der Waals surface area contributed by atoms with Crippen molar-refractivity contribution in [3.63, 3.8) is 0 Å². The molecule has 1 amide bonds. The quantitative estimate of drug-likeness (QED) is 0.907. The summed E-state index contributed by atoms with van der Waals surface area (Å²) in [5.41, 5.74) is -0.440. The van der Waals surface area contributed by atoms with Gasteiger partial charge in [0, 0.05) is 12.2 Å².